The standard InChI is InChI=1S/C17H24O2Si/c1-17(2)11-13(12-18)15(19)10-16(17)20(3,4)14-8-6-5-7-9-14/h5-9,12-13,16H,10-11H2,1-4H3/t13?,16-/m0/s1. The third kappa shape index (κ3) is 2.64. The van der Waals surface area contributed by atoms with Gasteiger partial charge < -0.3 is 4.79 Å². The molecule has 1 aromatic carbocycles. The van der Waals surface area contributed by atoms with E-state index >= 15 is 0 Å². The summed E-state index contributed by atoms with van der Waals surface area (Å²) >= 11 is 0. The van der Waals surface area contributed by atoms with Gasteiger partial charge in [0.1, 0.15) is 12.1 Å². The highest BCUT2D eigenvalue weighted by molar-refractivity contribution is 6.91. The van der Waals surface area contributed by atoms with Crippen LogP contribution in [0.15, 0.2) is 30.3 Å². The van der Waals surface area contributed by atoms with Crippen LogP contribution in [0.4, 0.5) is 0 Å². The quantitative estimate of drug-likeness (QED) is 0.486. The van der Waals surface area contributed by atoms with Crippen LogP contribution in [0, 0.1) is 11.3 Å². The lowest BCUT2D eigenvalue weighted by molar-refractivity contribution is -0.131. The van der Waals surface area contributed by atoms with E-state index in [0.717, 1.165) is 6.29 Å². The van der Waals surface area contributed by atoms with Crippen molar-refractivity contribution in [3.8, 4) is 0 Å². The summed E-state index contributed by atoms with van der Waals surface area (Å²) in [5, 5.41) is 1.40. The zero-order valence-corrected chi connectivity index (χ0v) is 13.8. The molecule has 0 aliphatic heterocycles. The second-order valence-electron chi connectivity index (χ2n) is 7.25. The molecule has 1 fully saturated rings. The Balaban J connectivity index is 2.36. The van der Waals surface area contributed by atoms with Crippen LogP contribution in [-0.4, -0.2) is 20.1 Å². The topological polar surface area (TPSA) is 34.1 Å². The van der Waals surface area contributed by atoms with Crippen molar-refractivity contribution in [2.75, 3.05) is 0 Å². The smallest absolute Gasteiger partial charge is 0.143 e. The number of carbonyl (C=O) groups excluding carboxylic acids is 2. The van der Waals surface area contributed by atoms with E-state index < -0.39 is 8.07 Å². The lowest BCUT2D eigenvalue weighted by Gasteiger charge is -2.47. The second-order valence-corrected chi connectivity index (χ2v) is 12.0. The van der Waals surface area contributed by atoms with Crippen LogP contribution in [0.5, 0.6) is 0 Å². The van der Waals surface area contributed by atoms with Gasteiger partial charge in [0, 0.05) is 6.42 Å². The van der Waals surface area contributed by atoms with Crippen LogP contribution in [-0.2, 0) is 9.59 Å². The molecule has 1 aliphatic carbocycles. The summed E-state index contributed by atoms with van der Waals surface area (Å²) in [4.78, 5) is 23.3. The average molecular weight is 288 g/mol. The Morgan fingerprint density at radius 1 is 1.20 bits per heavy atom. The van der Waals surface area contributed by atoms with Crippen molar-refractivity contribution in [1.82, 2.24) is 0 Å². The Hall–Kier alpha value is -1.22. The van der Waals surface area contributed by atoms with Gasteiger partial charge in [-0.2, -0.15) is 0 Å². The van der Waals surface area contributed by atoms with Crippen molar-refractivity contribution in [1.29, 1.82) is 0 Å². The van der Waals surface area contributed by atoms with Crippen molar-refractivity contribution in [2.24, 2.45) is 11.3 Å². The highest BCUT2D eigenvalue weighted by Crippen LogP contribution is 2.50. The molecule has 0 spiro atoms. The van der Waals surface area contributed by atoms with E-state index in [1.807, 2.05) is 6.07 Å². The van der Waals surface area contributed by atoms with Gasteiger partial charge in [-0.25, -0.2) is 0 Å². The molecule has 1 aromatic rings. The first-order valence-electron chi connectivity index (χ1n) is 7.32. The Kier molecular flexibility index (Phi) is 4.01. The number of rotatable bonds is 3. The summed E-state index contributed by atoms with van der Waals surface area (Å²) < 4.78 is 0. The molecule has 1 aliphatic rings. The number of ketones is 1. The van der Waals surface area contributed by atoms with E-state index in [9.17, 15) is 9.59 Å². The van der Waals surface area contributed by atoms with E-state index in [-0.39, 0.29) is 17.1 Å². The first kappa shape index (κ1) is 15.2. The van der Waals surface area contributed by atoms with Gasteiger partial charge in [-0.3, -0.25) is 4.79 Å². The second kappa shape index (κ2) is 5.28. The monoisotopic (exact) mass is 288 g/mol. The number of benzene rings is 1. The molecular weight excluding hydrogens is 264 g/mol. The molecule has 3 heteroatoms. The summed E-state index contributed by atoms with van der Waals surface area (Å²) in [5.41, 5.74) is 0.437. The molecule has 1 unspecified atom stereocenters. The van der Waals surface area contributed by atoms with E-state index in [1.54, 1.807) is 0 Å². The highest BCUT2D eigenvalue weighted by atomic mass is 28.3. The number of aldehydes is 1. The van der Waals surface area contributed by atoms with E-state index in [2.05, 4.69) is 51.2 Å². The number of hydrogen-bond acceptors (Lipinski definition) is 2. The van der Waals surface area contributed by atoms with Gasteiger partial charge in [0.25, 0.3) is 0 Å². The molecule has 0 heterocycles. The Labute approximate surface area is 122 Å². The molecular formula is C17H24O2Si. The van der Waals surface area contributed by atoms with E-state index in [1.165, 1.54) is 5.19 Å². The molecule has 0 amide bonds. The van der Waals surface area contributed by atoms with Crippen molar-refractivity contribution < 1.29 is 9.59 Å². The van der Waals surface area contributed by atoms with Crippen LogP contribution in [0.1, 0.15) is 26.7 Å². The number of carbonyl (C=O) groups is 2. The molecule has 0 aromatic heterocycles. The molecule has 0 radical (unpaired) electrons. The fourth-order valence-electron chi connectivity index (χ4n) is 3.88. The van der Waals surface area contributed by atoms with Crippen LogP contribution in [0.3, 0.4) is 0 Å². The van der Waals surface area contributed by atoms with Gasteiger partial charge >= 0.3 is 0 Å². The minimum absolute atomic E-state index is 0.0467. The van der Waals surface area contributed by atoms with Crippen molar-refractivity contribution >= 4 is 25.3 Å². The Morgan fingerprint density at radius 3 is 2.35 bits per heavy atom. The van der Waals surface area contributed by atoms with Crippen molar-refractivity contribution in [2.45, 2.75) is 45.3 Å². The fraction of sp³-hybridized carbons (Fsp3) is 0.529. The van der Waals surface area contributed by atoms with Crippen molar-refractivity contribution in [3.05, 3.63) is 30.3 Å². The molecule has 2 nitrogen and oxygen atoms in total. The molecule has 2 atom stereocenters. The van der Waals surface area contributed by atoms with Crippen LogP contribution >= 0.6 is 0 Å². The van der Waals surface area contributed by atoms with Gasteiger partial charge in [-0.05, 0) is 17.4 Å². The van der Waals surface area contributed by atoms with Gasteiger partial charge in [0.2, 0.25) is 0 Å². The normalized spacial score (nSPS) is 26.3. The van der Waals surface area contributed by atoms with Crippen LogP contribution < -0.4 is 5.19 Å². The molecule has 0 N–H and O–H groups in total. The maximum Gasteiger partial charge on any atom is 0.143 e. The summed E-state index contributed by atoms with van der Waals surface area (Å²) in [6, 6.07) is 10.6. The first-order chi connectivity index (χ1) is 9.29. The summed E-state index contributed by atoms with van der Waals surface area (Å²) in [6.07, 6.45) is 2.10. The average Bonchev–Trinajstić information content (AvgIpc) is 2.41. The predicted molar refractivity (Wildman–Crippen MR) is 84.9 cm³/mol. The third-order valence-corrected chi connectivity index (χ3v) is 9.61. The highest BCUT2D eigenvalue weighted by Gasteiger charge is 2.49. The van der Waals surface area contributed by atoms with Crippen LogP contribution in [0.25, 0.3) is 0 Å². The summed E-state index contributed by atoms with van der Waals surface area (Å²) in [6.45, 7) is 9.14. The zero-order chi connectivity index (χ0) is 15.0. The molecule has 20 heavy (non-hydrogen) atoms. The first-order valence-corrected chi connectivity index (χ1v) is 10.4. The zero-order valence-electron chi connectivity index (χ0n) is 12.8. The fourth-order valence-corrected chi connectivity index (χ4v) is 8.11. The molecule has 0 saturated heterocycles. The SMILES string of the molecule is CC1(C)CC(C=O)C(=O)C[C@@H]1[Si](C)(C)c1ccccc1. The lowest BCUT2D eigenvalue weighted by atomic mass is 9.71. The van der Waals surface area contributed by atoms with Gasteiger partial charge in [-0.15, -0.1) is 0 Å². The summed E-state index contributed by atoms with van der Waals surface area (Å²) in [7, 11) is -1.73. The maximum absolute atomic E-state index is 12.2. The largest absolute Gasteiger partial charge is 0.303 e. The third-order valence-electron chi connectivity index (χ3n) is 5.06. The number of hydrogen-bond donors (Lipinski definition) is 0. The van der Waals surface area contributed by atoms with Gasteiger partial charge in [-0.1, -0.05) is 62.5 Å². The Morgan fingerprint density at radius 2 is 1.80 bits per heavy atom. The van der Waals surface area contributed by atoms with E-state index in [0.29, 0.717) is 18.4 Å². The molecule has 0 bridgehead atoms. The molecule has 108 valence electrons. The van der Waals surface area contributed by atoms with Gasteiger partial charge in [0.05, 0.1) is 14.0 Å². The van der Waals surface area contributed by atoms with Crippen LogP contribution in [0.2, 0.25) is 18.6 Å². The van der Waals surface area contributed by atoms with E-state index in [4.69, 9.17) is 0 Å². The lowest BCUT2D eigenvalue weighted by Crippen LogP contribution is -2.54. The minimum Gasteiger partial charge on any atom is -0.303 e. The number of Topliss-reactive ketones (excluding diaryl/α,β-unsaturated/α-hetero) is 1. The molecule has 2 rings (SSSR count). The predicted octanol–water partition coefficient (Wildman–Crippen LogP) is 3.18. The summed E-state index contributed by atoms with van der Waals surface area (Å²) in [5.74, 6) is -0.248. The van der Waals surface area contributed by atoms with Gasteiger partial charge in [0.15, 0.2) is 0 Å². The maximum atomic E-state index is 12.2. The Bertz CT molecular complexity index is 505. The molecule has 1 saturated carbocycles. The minimum atomic E-state index is -1.73. The van der Waals surface area contributed by atoms with Crippen molar-refractivity contribution in [3.63, 3.8) is 0 Å².